The van der Waals surface area contributed by atoms with Gasteiger partial charge in [0.05, 0.1) is 5.75 Å². The van der Waals surface area contributed by atoms with Crippen LogP contribution in [0.1, 0.15) is 43.2 Å². The van der Waals surface area contributed by atoms with Crippen molar-refractivity contribution < 1.29 is 9.21 Å². The molecule has 0 radical (unpaired) electrons. The summed E-state index contributed by atoms with van der Waals surface area (Å²) in [5, 5.41) is 8.75. The Hall–Kier alpha value is -2.60. The van der Waals surface area contributed by atoms with Gasteiger partial charge in [0.15, 0.2) is 0 Å². The van der Waals surface area contributed by atoms with Gasteiger partial charge in [0.2, 0.25) is 11.8 Å². The van der Waals surface area contributed by atoms with E-state index in [-0.39, 0.29) is 17.7 Å². The zero-order chi connectivity index (χ0) is 20.9. The molecule has 0 bridgehead atoms. The Kier molecular flexibility index (Phi) is 6.53. The minimum atomic E-state index is 0.0873. The van der Waals surface area contributed by atoms with Gasteiger partial charge in [-0.05, 0) is 51.0 Å². The lowest BCUT2D eigenvalue weighted by molar-refractivity contribution is -0.116. The Morgan fingerprint density at radius 1 is 1.03 bits per heavy atom. The summed E-state index contributed by atoms with van der Waals surface area (Å²) in [5.41, 5.74) is 4.18. The number of para-hydroxylation sites is 1. The van der Waals surface area contributed by atoms with E-state index in [1.807, 2.05) is 61.2 Å². The third-order valence-electron chi connectivity index (χ3n) is 5.44. The van der Waals surface area contributed by atoms with Crippen molar-refractivity contribution in [1.29, 1.82) is 0 Å². The van der Waals surface area contributed by atoms with E-state index in [1.54, 1.807) is 0 Å². The van der Waals surface area contributed by atoms with Crippen molar-refractivity contribution in [2.45, 2.75) is 57.2 Å². The van der Waals surface area contributed by atoms with Gasteiger partial charge in [0, 0.05) is 17.3 Å². The van der Waals surface area contributed by atoms with Crippen LogP contribution in [0, 0.1) is 13.8 Å². The van der Waals surface area contributed by atoms with Crippen molar-refractivity contribution in [1.82, 2.24) is 10.2 Å². The summed E-state index contributed by atoms with van der Waals surface area (Å²) in [5.74, 6) is 0.855. The SMILES string of the molecule is Cc1cc(C)cc(-c2nnc(SCC(=O)N(c3ccccc3)C3CCCCC3)o2)c1. The number of hydrogen-bond acceptors (Lipinski definition) is 5. The predicted octanol–water partition coefficient (Wildman–Crippen LogP) is 5.81. The van der Waals surface area contributed by atoms with Gasteiger partial charge in [-0.25, -0.2) is 0 Å². The quantitative estimate of drug-likeness (QED) is 0.470. The fourth-order valence-corrected chi connectivity index (χ4v) is 4.78. The number of nitrogens with zero attached hydrogens (tertiary/aromatic N) is 3. The van der Waals surface area contributed by atoms with E-state index in [0.29, 0.717) is 11.1 Å². The Morgan fingerprint density at radius 2 is 1.73 bits per heavy atom. The summed E-state index contributed by atoms with van der Waals surface area (Å²) >= 11 is 1.31. The van der Waals surface area contributed by atoms with E-state index in [1.165, 1.54) is 31.0 Å². The van der Waals surface area contributed by atoms with Crippen molar-refractivity contribution in [3.63, 3.8) is 0 Å². The van der Waals surface area contributed by atoms with Gasteiger partial charge < -0.3 is 9.32 Å². The monoisotopic (exact) mass is 421 g/mol. The summed E-state index contributed by atoms with van der Waals surface area (Å²) in [6.45, 7) is 4.09. The van der Waals surface area contributed by atoms with Crippen molar-refractivity contribution in [2.75, 3.05) is 10.7 Å². The van der Waals surface area contributed by atoms with E-state index in [4.69, 9.17) is 4.42 Å². The number of amides is 1. The zero-order valence-electron chi connectivity index (χ0n) is 17.5. The highest BCUT2D eigenvalue weighted by Gasteiger charge is 2.27. The molecule has 5 nitrogen and oxygen atoms in total. The molecule has 1 fully saturated rings. The molecule has 0 unspecified atom stereocenters. The van der Waals surface area contributed by atoms with E-state index < -0.39 is 0 Å². The topological polar surface area (TPSA) is 59.2 Å². The number of anilines is 1. The predicted molar refractivity (Wildman–Crippen MR) is 121 cm³/mol. The first kappa shape index (κ1) is 20.7. The van der Waals surface area contributed by atoms with Gasteiger partial charge in [-0.2, -0.15) is 0 Å². The summed E-state index contributed by atoms with van der Waals surface area (Å²) < 4.78 is 5.83. The fourth-order valence-electron chi connectivity index (χ4n) is 4.16. The second kappa shape index (κ2) is 9.47. The third-order valence-corrected chi connectivity index (χ3v) is 6.24. The largest absolute Gasteiger partial charge is 0.411 e. The first-order chi connectivity index (χ1) is 14.6. The minimum Gasteiger partial charge on any atom is -0.411 e. The first-order valence-corrected chi connectivity index (χ1v) is 11.5. The molecular weight excluding hydrogens is 394 g/mol. The molecule has 30 heavy (non-hydrogen) atoms. The second-order valence-corrected chi connectivity index (χ2v) is 8.86. The van der Waals surface area contributed by atoms with E-state index in [2.05, 4.69) is 16.3 Å². The maximum Gasteiger partial charge on any atom is 0.277 e. The maximum absolute atomic E-state index is 13.2. The Balaban J connectivity index is 1.46. The van der Waals surface area contributed by atoms with E-state index >= 15 is 0 Å². The standard InChI is InChI=1S/C24H27N3O2S/c1-17-13-18(2)15-19(14-17)23-25-26-24(29-23)30-16-22(28)27(20-9-5-3-6-10-20)21-11-7-4-8-12-21/h3,5-6,9-10,13-15,21H,4,7-8,11-12,16H2,1-2H3. The third kappa shape index (κ3) is 4.93. The van der Waals surface area contributed by atoms with Crippen molar-refractivity contribution in [3.05, 3.63) is 59.7 Å². The number of rotatable bonds is 6. The van der Waals surface area contributed by atoms with Crippen LogP contribution >= 0.6 is 11.8 Å². The van der Waals surface area contributed by atoms with Crippen LogP contribution in [0.2, 0.25) is 0 Å². The highest BCUT2D eigenvalue weighted by atomic mass is 32.2. The molecule has 0 N–H and O–H groups in total. The van der Waals surface area contributed by atoms with Gasteiger partial charge in [0.1, 0.15) is 0 Å². The molecule has 1 amide bonds. The van der Waals surface area contributed by atoms with Gasteiger partial charge in [-0.1, -0.05) is 66.4 Å². The first-order valence-electron chi connectivity index (χ1n) is 10.5. The molecular formula is C24H27N3O2S. The number of aromatic nitrogens is 2. The highest BCUT2D eigenvalue weighted by molar-refractivity contribution is 7.99. The van der Waals surface area contributed by atoms with Crippen molar-refractivity contribution in [3.8, 4) is 11.5 Å². The average molecular weight is 422 g/mol. The molecule has 0 saturated heterocycles. The highest BCUT2D eigenvalue weighted by Crippen LogP contribution is 2.30. The van der Waals surface area contributed by atoms with E-state index in [0.717, 1.165) is 35.2 Å². The van der Waals surface area contributed by atoms with Crippen LogP contribution in [0.25, 0.3) is 11.5 Å². The van der Waals surface area contributed by atoms with Crippen LogP contribution in [0.3, 0.4) is 0 Å². The molecule has 0 aliphatic heterocycles. The molecule has 4 rings (SSSR count). The molecule has 1 aliphatic rings. The number of carbonyl (C=O) groups is 1. The molecule has 1 aliphatic carbocycles. The molecule has 6 heteroatoms. The summed E-state index contributed by atoms with van der Waals surface area (Å²) in [6, 6.07) is 16.4. The Labute approximate surface area is 181 Å². The molecule has 156 valence electrons. The Bertz CT molecular complexity index is 976. The number of hydrogen-bond donors (Lipinski definition) is 0. The molecule has 1 heterocycles. The lowest BCUT2D eigenvalue weighted by Crippen LogP contribution is -2.42. The van der Waals surface area contributed by atoms with Crippen LogP contribution in [0.5, 0.6) is 0 Å². The van der Waals surface area contributed by atoms with Gasteiger partial charge in [-0.3, -0.25) is 4.79 Å². The van der Waals surface area contributed by atoms with Gasteiger partial charge in [-0.15, -0.1) is 10.2 Å². The number of benzene rings is 2. The molecule has 0 spiro atoms. The van der Waals surface area contributed by atoms with Gasteiger partial charge >= 0.3 is 0 Å². The van der Waals surface area contributed by atoms with E-state index in [9.17, 15) is 4.79 Å². The summed E-state index contributed by atoms with van der Waals surface area (Å²) in [6.07, 6.45) is 5.73. The molecule has 0 atom stereocenters. The van der Waals surface area contributed by atoms with Crippen LogP contribution < -0.4 is 4.90 Å². The van der Waals surface area contributed by atoms with Gasteiger partial charge in [0.25, 0.3) is 5.22 Å². The normalized spacial score (nSPS) is 14.6. The van der Waals surface area contributed by atoms with Crippen molar-refractivity contribution in [2.24, 2.45) is 0 Å². The van der Waals surface area contributed by atoms with Crippen LogP contribution in [-0.2, 0) is 4.79 Å². The molecule has 1 aromatic heterocycles. The second-order valence-electron chi connectivity index (χ2n) is 7.93. The average Bonchev–Trinajstić information content (AvgIpc) is 3.23. The fraction of sp³-hybridized carbons (Fsp3) is 0.375. The number of aryl methyl sites for hydroxylation is 2. The molecule has 1 saturated carbocycles. The van der Waals surface area contributed by atoms with Crippen LogP contribution in [0.4, 0.5) is 5.69 Å². The minimum absolute atomic E-state index is 0.0873. The number of carbonyl (C=O) groups excluding carboxylic acids is 1. The lowest BCUT2D eigenvalue weighted by Gasteiger charge is -2.34. The van der Waals surface area contributed by atoms with Crippen LogP contribution in [-0.4, -0.2) is 27.9 Å². The van der Waals surface area contributed by atoms with Crippen molar-refractivity contribution >= 4 is 23.4 Å². The number of thioether (sulfide) groups is 1. The summed E-state index contributed by atoms with van der Waals surface area (Å²) in [7, 11) is 0. The van der Waals surface area contributed by atoms with Crippen LogP contribution in [0.15, 0.2) is 58.2 Å². The summed E-state index contributed by atoms with van der Waals surface area (Å²) in [4.78, 5) is 15.2. The maximum atomic E-state index is 13.2. The molecule has 2 aromatic carbocycles. The lowest BCUT2D eigenvalue weighted by atomic mass is 9.93. The smallest absolute Gasteiger partial charge is 0.277 e. The zero-order valence-corrected chi connectivity index (χ0v) is 18.3. The molecule has 3 aromatic rings. The Morgan fingerprint density at radius 3 is 2.43 bits per heavy atom.